The molecule has 0 bridgehead atoms. The summed E-state index contributed by atoms with van der Waals surface area (Å²) in [6.07, 6.45) is 6.95. The molecule has 0 unspecified atom stereocenters. The Bertz CT molecular complexity index is 674. The first kappa shape index (κ1) is 18.3. The highest BCUT2D eigenvalue weighted by atomic mass is 79.9. The summed E-state index contributed by atoms with van der Waals surface area (Å²) >= 11 is 3.41. The Kier molecular flexibility index (Phi) is 6.68. The number of carbonyl (C=O) groups excluding carboxylic acids is 1. The summed E-state index contributed by atoms with van der Waals surface area (Å²) in [6.45, 7) is 0. The Labute approximate surface area is 150 Å². The van der Waals surface area contributed by atoms with Crippen molar-refractivity contribution < 1.29 is 14.3 Å². The van der Waals surface area contributed by atoms with Crippen LogP contribution in [0.3, 0.4) is 0 Å². The molecule has 1 amide bonds. The highest BCUT2D eigenvalue weighted by molar-refractivity contribution is 9.10. The number of benzene rings is 1. The van der Waals surface area contributed by atoms with Crippen molar-refractivity contribution in [3.63, 3.8) is 0 Å². The molecule has 128 valence electrons. The predicted molar refractivity (Wildman–Crippen MR) is 95.9 cm³/mol. The molecule has 1 fully saturated rings. The van der Waals surface area contributed by atoms with Crippen molar-refractivity contribution >= 4 is 27.9 Å². The van der Waals surface area contributed by atoms with Gasteiger partial charge in [0.05, 0.1) is 18.7 Å². The molecule has 1 aliphatic carbocycles. The van der Waals surface area contributed by atoms with Gasteiger partial charge in [0.1, 0.15) is 23.1 Å². The molecule has 2 rings (SSSR count). The topological polar surface area (TPSA) is 71.3 Å². The van der Waals surface area contributed by atoms with E-state index in [1.807, 2.05) is 6.07 Å². The van der Waals surface area contributed by atoms with Crippen molar-refractivity contribution in [2.75, 3.05) is 14.2 Å². The zero-order valence-electron chi connectivity index (χ0n) is 13.9. The van der Waals surface area contributed by atoms with E-state index in [-0.39, 0.29) is 17.5 Å². The summed E-state index contributed by atoms with van der Waals surface area (Å²) in [4.78, 5) is 12.4. The van der Waals surface area contributed by atoms with Gasteiger partial charge in [0, 0.05) is 17.7 Å². The smallest absolute Gasteiger partial charge is 0.262 e. The first-order chi connectivity index (χ1) is 11.6. The van der Waals surface area contributed by atoms with Crippen molar-refractivity contribution in [1.29, 1.82) is 5.26 Å². The summed E-state index contributed by atoms with van der Waals surface area (Å²) in [5, 5.41) is 12.3. The Morgan fingerprint density at radius 2 is 1.92 bits per heavy atom. The highest BCUT2D eigenvalue weighted by Gasteiger charge is 2.19. The van der Waals surface area contributed by atoms with Crippen LogP contribution in [0.1, 0.15) is 37.7 Å². The fraction of sp³-hybridized carbons (Fsp3) is 0.444. The molecule has 1 saturated carbocycles. The molecule has 5 nitrogen and oxygen atoms in total. The molecule has 6 heteroatoms. The highest BCUT2D eigenvalue weighted by Crippen LogP contribution is 2.34. The van der Waals surface area contributed by atoms with Crippen LogP contribution in [0.5, 0.6) is 11.5 Å². The van der Waals surface area contributed by atoms with Crippen LogP contribution < -0.4 is 14.8 Å². The number of hydrogen-bond acceptors (Lipinski definition) is 4. The van der Waals surface area contributed by atoms with E-state index in [0.717, 1.165) is 30.2 Å². The molecule has 0 heterocycles. The minimum Gasteiger partial charge on any atom is -0.496 e. The van der Waals surface area contributed by atoms with Gasteiger partial charge < -0.3 is 14.8 Å². The van der Waals surface area contributed by atoms with Gasteiger partial charge in [0.25, 0.3) is 5.91 Å². The predicted octanol–water partition coefficient (Wildman–Crippen LogP) is 3.82. The van der Waals surface area contributed by atoms with Gasteiger partial charge in [0.2, 0.25) is 0 Å². The molecule has 0 atom stereocenters. The third-order valence-corrected chi connectivity index (χ3v) is 4.73. The summed E-state index contributed by atoms with van der Waals surface area (Å²) in [5.74, 6) is 0.820. The molecule has 24 heavy (non-hydrogen) atoms. The van der Waals surface area contributed by atoms with Crippen LogP contribution in [0.25, 0.3) is 6.08 Å². The lowest BCUT2D eigenvalue weighted by atomic mass is 9.95. The SMILES string of the molecule is COc1cc(OC)c(/C=C(\C#N)C(=O)NC2CCCCC2)cc1Br. The van der Waals surface area contributed by atoms with E-state index in [2.05, 4.69) is 21.2 Å². The molecule has 1 N–H and O–H groups in total. The lowest BCUT2D eigenvalue weighted by Crippen LogP contribution is -2.36. The monoisotopic (exact) mass is 392 g/mol. The largest absolute Gasteiger partial charge is 0.496 e. The number of hydrogen-bond donors (Lipinski definition) is 1. The molecule has 0 saturated heterocycles. The van der Waals surface area contributed by atoms with Crippen LogP contribution in [0.15, 0.2) is 22.2 Å². The van der Waals surface area contributed by atoms with Crippen LogP contribution >= 0.6 is 15.9 Å². The fourth-order valence-corrected chi connectivity index (χ4v) is 3.33. The van der Waals surface area contributed by atoms with Crippen molar-refractivity contribution in [1.82, 2.24) is 5.32 Å². The van der Waals surface area contributed by atoms with Crippen LogP contribution in [0.4, 0.5) is 0 Å². The maximum absolute atomic E-state index is 12.4. The van der Waals surface area contributed by atoms with Crippen molar-refractivity contribution in [2.45, 2.75) is 38.1 Å². The molecular weight excluding hydrogens is 372 g/mol. The Morgan fingerprint density at radius 1 is 1.25 bits per heavy atom. The van der Waals surface area contributed by atoms with E-state index in [0.29, 0.717) is 17.1 Å². The number of carbonyl (C=O) groups is 1. The van der Waals surface area contributed by atoms with E-state index in [1.54, 1.807) is 25.3 Å². The standard InChI is InChI=1S/C18H21BrN2O3/c1-23-16-10-17(24-2)15(19)9-12(16)8-13(11-20)18(22)21-14-6-4-3-5-7-14/h8-10,14H,3-7H2,1-2H3,(H,21,22)/b13-8+. The minimum atomic E-state index is -0.335. The van der Waals surface area contributed by atoms with Crippen molar-refractivity contribution in [3.8, 4) is 17.6 Å². The molecular formula is C18H21BrN2O3. The molecule has 0 spiro atoms. The number of halogens is 1. The van der Waals surface area contributed by atoms with Crippen LogP contribution in [0, 0.1) is 11.3 Å². The third-order valence-electron chi connectivity index (χ3n) is 4.11. The van der Waals surface area contributed by atoms with Crippen molar-refractivity contribution in [3.05, 3.63) is 27.7 Å². The van der Waals surface area contributed by atoms with E-state index >= 15 is 0 Å². The number of nitrogens with one attached hydrogen (secondary N) is 1. The number of nitrogens with zero attached hydrogens (tertiary/aromatic N) is 1. The van der Waals surface area contributed by atoms with E-state index in [1.165, 1.54) is 13.5 Å². The molecule has 1 aromatic rings. The van der Waals surface area contributed by atoms with Gasteiger partial charge in [-0.25, -0.2) is 0 Å². The van der Waals surface area contributed by atoms with Gasteiger partial charge >= 0.3 is 0 Å². The second-order valence-corrected chi connectivity index (χ2v) is 6.56. The summed E-state index contributed by atoms with van der Waals surface area (Å²) in [6, 6.07) is 5.62. The van der Waals surface area contributed by atoms with Gasteiger partial charge in [-0.05, 0) is 40.9 Å². The van der Waals surface area contributed by atoms with Crippen molar-refractivity contribution in [2.24, 2.45) is 0 Å². The van der Waals surface area contributed by atoms with Gasteiger partial charge in [-0.3, -0.25) is 4.79 Å². The quantitative estimate of drug-likeness (QED) is 0.610. The van der Waals surface area contributed by atoms with E-state index in [4.69, 9.17) is 9.47 Å². The minimum absolute atomic E-state index is 0.0657. The Balaban J connectivity index is 2.24. The molecule has 1 aromatic carbocycles. The van der Waals surface area contributed by atoms with Crippen LogP contribution in [-0.4, -0.2) is 26.2 Å². The third kappa shape index (κ3) is 4.51. The number of methoxy groups -OCH3 is 2. The van der Waals surface area contributed by atoms with E-state index < -0.39 is 0 Å². The second kappa shape index (κ2) is 8.74. The fourth-order valence-electron chi connectivity index (χ4n) is 2.81. The molecule has 0 radical (unpaired) electrons. The maximum Gasteiger partial charge on any atom is 0.262 e. The maximum atomic E-state index is 12.4. The van der Waals surface area contributed by atoms with Crippen LogP contribution in [-0.2, 0) is 4.79 Å². The van der Waals surface area contributed by atoms with E-state index in [9.17, 15) is 10.1 Å². The normalized spacial score (nSPS) is 15.5. The second-order valence-electron chi connectivity index (χ2n) is 5.71. The van der Waals surface area contributed by atoms with Gasteiger partial charge in [-0.15, -0.1) is 0 Å². The number of rotatable bonds is 5. The molecule has 1 aliphatic rings. The van der Waals surface area contributed by atoms with Gasteiger partial charge in [-0.1, -0.05) is 19.3 Å². The van der Waals surface area contributed by atoms with Crippen LogP contribution in [0.2, 0.25) is 0 Å². The molecule has 0 aliphatic heterocycles. The van der Waals surface area contributed by atoms with Gasteiger partial charge in [-0.2, -0.15) is 5.26 Å². The zero-order chi connectivity index (χ0) is 17.5. The Morgan fingerprint density at radius 3 is 2.50 bits per heavy atom. The number of nitriles is 1. The van der Waals surface area contributed by atoms with Gasteiger partial charge in [0.15, 0.2) is 0 Å². The first-order valence-corrected chi connectivity index (χ1v) is 8.72. The number of ether oxygens (including phenoxy) is 2. The summed E-state index contributed by atoms with van der Waals surface area (Å²) in [7, 11) is 3.10. The lowest BCUT2D eigenvalue weighted by Gasteiger charge is -2.22. The molecule has 0 aromatic heterocycles. The zero-order valence-corrected chi connectivity index (χ0v) is 15.5. The average Bonchev–Trinajstić information content (AvgIpc) is 2.60. The first-order valence-electron chi connectivity index (χ1n) is 7.93. The average molecular weight is 393 g/mol. The lowest BCUT2D eigenvalue weighted by molar-refractivity contribution is -0.117. The Hall–Kier alpha value is -2.00. The summed E-state index contributed by atoms with van der Waals surface area (Å²) in [5.41, 5.74) is 0.705. The summed E-state index contributed by atoms with van der Waals surface area (Å²) < 4.78 is 11.3. The number of amides is 1.